The van der Waals surface area contributed by atoms with E-state index in [9.17, 15) is 0 Å². The second kappa shape index (κ2) is 8.44. The third kappa shape index (κ3) is 4.91. The Kier molecular flexibility index (Phi) is 7.21. The van der Waals surface area contributed by atoms with Crippen molar-refractivity contribution in [2.24, 2.45) is 0 Å². The van der Waals surface area contributed by atoms with Crippen LogP contribution >= 0.6 is 11.8 Å². The Bertz CT molecular complexity index is 354. The highest BCUT2D eigenvalue weighted by molar-refractivity contribution is 7.98. The molecule has 0 aliphatic carbocycles. The zero-order valence-corrected chi connectivity index (χ0v) is 12.8. The summed E-state index contributed by atoms with van der Waals surface area (Å²) >= 11 is 1.81. The molecule has 0 radical (unpaired) electrons. The van der Waals surface area contributed by atoms with Crippen molar-refractivity contribution < 1.29 is 4.74 Å². The van der Waals surface area contributed by atoms with Crippen molar-refractivity contribution in [1.29, 1.82) is 0 Å². The lowest BCUT2D eigenvalue weighted by molar-refractivity contribution is 0.336. The van der Waals surface area contributed by atoms with Gasteiger partial charge in [0, 0.05) is 17.4 Å². The van der Waals surface area contributed by atoms with Gasteiger partial charge in [0.25, 0.3) is 0 Å². The van der Waals surface area contributed by atoms with E-state index in [0.717, 1.165) is 31.1 Å². The van der Waals surface area contributed by atoms with E-state index in [1.54, 1.807) is 0 Å². The molecule has 0 aromatic heterocycles. The third-order valence-corrected chi connectivity index (χ3v) is 3.46. The van der Waals surface area contributed by atoms with Crippen LogP contribution in [0.1, 0.15) is 37.4 Å². The summed E-state index contributed by atoms with van der Waals surface area (Å²) in [5, 5.41) is 3.51. The van der Waals surface area contributed by atoms with Gasteiger partial charge in [-0.2, -0.15) is 11.8 Å². The summed E-state index contributed by atoms with van der Waals surface area (Å²) in [6.45, 7) is 8.30. The first-order valence-corrected chi connectivity index (χ1v) is 8.04. The van der Waals surface area contributed by atoms with Crippen LogP contribution in [0.25, 0.3) is 0 Å². The maximum atomic E-state index is 5.90. The van der Waals surface area contributed by atoms with Gasteiger partial charge in [-0.05, 0) is 44.7 Å². The molecule has 0 heterocycles. The average Bonchev–Trinajstić information content (AvgIpc) is 2.36. The molecule has 1 aromatic rings. The van der Waals surface area contributed by atoms with E-state index in [1.807, 2.05) is 11.8 Å². The fourth-order valence-electron chi connectivity index (χ4n) is 1.83. The highest BCUT2D eigenvalue weighted by Crippen LogP contribution is 2.26. The van der Waals surface area contributed by atoms with Crippen LogP contribution in [0.2, 0.25) is 0 Å². The minimum atomic E-state index is 0.342. The first kappa shape index (κ1) is 15.4. The predicted molar refractivity (Wildman–Crippen MR) is 81.8 cm³/mol. The largest absolute Gasteiger partial charge is 0.492 e. The predicted octanol–water partition coefficient (Wildman–Crippen LogP) is 3.80. The highest BCUT2D eigenvalue weighted by Gasteiger charge is 2.11. The summed E-state index contributed by atoms with van der Waals surface area (Å²) in [7, 11) is 0. The fourth-order valence-corrected chi connectivity index (χ4v) is 2.08. The van der Waals surface area contributed by atoms with Crippen LogP contribution in [-0.4, -0.2) is 25.2 Å². The maximum absolute atomic E-state index is 5.90. The second-order valence-electron chi connectivity index (χ2n) is 4.56. The molecule has 0 aliphatic heterocycles. The lowest BCUT2D eigenvalue weighted by Gasteiger charge is -2.18. The van der Waals surface area contributed by atoms with Gasteiger partial charge in [-0.15, -0.1) is 0 Å². The van der Waals surface area contributed by atoms with Crippen LogP contribution in [0, 0.1) is 6.92 Å². The molecule has 1 unspecified atom stereocenters. The number of hydrogen-bond donors (Lipinski definition) is 1. The first-order valence-electron chi connectivity index (χ1n) is 6.64. The summed E-state index contributed by atoms with van der Waals surface area (Å²) in [4.78, 5) is 0. The molecule has 0 bridgehead atoms. The molecule has 0 amide bonds. The summed E-state index contributed by atoms with van der Waals surface area (Å²) in [6, 6.07) is 6.81. The lowest BCUT2D eigenvalue weighted by atomic mass is 10.0. The molecule has 2 nitrogen and oxygen atoms in total. The number of benzene rings is 1. The van der Waals surface area contributed by atoms with E-state index in [2.05, 4.69) is 50.5 Å². The quantitative estimate of drug-likeness (QED) is 0.724. The zero-order valence-electron chi connectivity index (χ0n) is 12.0. The molecule has 0 spiro atoms. The second-order valence-corrected chi connectivity index (χ2v) is 5.54. The molecule has 0 fully saturated rings. The number of aryl methyl sites for hydroxylation is 1. The molecule has 102 valence electrons. The van der Waals surface area contributed by atoms with Crippen molar-refractivity contribution in [2.45, 2.75) is 33.2 Å². The molecule has 1 rings (SSSR count). The number of ether oxygens (including phenoxy) is 1. The Hall–Kier alpha value is -0.670. The van der Waals surface area contributed by atoms with Crippen LogP contribution in [0.4, 0.5) is 0 Å². The Labute approximate surface area is 116 Å². The molecule has 1 atom stereocenters. The molecule has 3 heteroatoms. The van der Waals surface area contributed by atoms with Gasteiger partial charge in [0.2, 0.25) is 0 Å². The number of nitrogens with one attached hydrogen (secondary N) is 1. The van der Waals surface area contributed by atoms with Crippen LogP contribution in [-0.2, 0) is 0 Å². The Balaban J connectivity index is 2.74. The molecule has 0 aliphatic rings. The van der Waals surface area contributed by atoms with Crippen LogP contribution in [0.3, 0.4) is 0 Å². The van der Waals surface area contributed by atoms with Crippen LogP contribution in [0.15, 0.2) is 18.2 Å². The van der Waals surface area contributed by atoms with Crippen molar-refractivity contribution in [3.05, 3.63) is 29.3 Å². The number of thioether (sulfide) groups is 1. The van der Waals surface area contributed by atoms with Crippen molar-refractivity contribution in [3.63, 3.8) is 0 Å². The van der Waals surface area contributed by atoms with Crippen LogP contribution in [0.5, 0.6) is 5.75 Å². The standard InChI is InChI=1S/C15H25NOS/c1-5-8-16-13(3)14-7-6-12(2)11-15(14)17-9-10-18-4/h6-7,11,13,16H,5,8-10H2,1-4H3. The van der Waals surface area contributed by atoms with Crippen molar-refractivity contribution >= 4 is 11.8 Å². The topological polar surface area (TPSA) is 21.3 Å². The Morgan fingerprint density at radius 2 is 2.17 bits per heavy atom. The van der Waals surface area contributed by atoms with Gasteiger partial charge in [-0.25, -0.2) is 0 Å². The van der Waals surface area contributed by atoms with Gasteiger partial charge in [0.05, 0.1) is 6.61 Å². The molecule has 1 N–H and O–H groups in total. The van der Waals surface area contributed by atoms with E-state index in [4.69, 9.17) is 4.74 Å². The van der Waals surface area contributed by atoms with Gasteiger partial charge >= 0.3 is 0 Å². The van der Waals surface area contributed by atoms with E-state index in [0.29, 0.717) is 6.04 Å². The first-order chi connectivity index (χ1) is 8.69. The molecular weight excluding hydrogens is 242 g/mol. The van der Waals surface area contributed by atoms with Crippen LogP contribution < -0.4 is 10.1 Å². The third-order valence-electron chi connectivity index (χ3n) is 2.88. The molecule has 0 saturated carbocycles. The lowest BCUT2D eigenvalue weighted by Crippen LogP contribution is -2.20. The van der Waals surface area contributed by atoms with E-state index >= 15 is 0 Å². The summed E-state index contributed by atoms with van der Waals surface area (Å²) in [5.41, 5.74) is 2.51. The van der Waals surface area contributed by atoms with Gasteiger partial charge < -0.3 is 10.1 Å². The number of hydrogen-bond acceptors (Lipinski definition) is 3. The summed E-state index contributed by atoms with van der Waals surface area (Å²) < 4.78 is 5.90. The fraction of sp³-hybridized carbons (Fsp3) is 0.600. The molecule has 1 aromatic carbocycles. The SMILES string of the molecule is CCCNC(C)c1ccc(C)cc1OCCSC. The Morgan fingerprint density at radius 1 is 1.39 bits per heavy atom. The smallest absolute Gasteiger partial charge is 0.124 e. The van der Waals surface area contributed by atoms with Gasteiger partial charge in [-0.1, -0.05) is 19.1 Å². The minimum Gasteiger partial charge on any atom is -0.492 e. The van der Waals surface area contributed by atoms with Gasteiger partial charge in [-0.3, -0.25) is 0 Å². The zero-order chi connectivity index (χ0) is 13.4. The Morgan fingerprint density at radius 3 is 2.83 bits per heavy atom. The monoisotopic (exact) mass is 267 g/mol. The maximum Gasteiger partial charge on any atom is 0.124 e. The highest BCUT2D eigenvalue weighted by atomic mass is 32.2. The molecule has 18 heavy (non-hydrogen) atoms. The van der Waals surface area contributed by atoms with E-state index in [-0.39, 0.29) is 0 Å². The van der Waals surface area contributed by atoms with Crippen molar-refractivity contribution in [1.82, 2.24) is 5.32 Å². The van der Waals surface area contributed by atoms with Gasteiger partial charge in [0.15, 0.2) is 0 Å². The van der Waals surface area contributed by atoms with Gasteiger partial charge in [0.1, 0.15) is 5.75 Å². The molecule has 0 saturated heterocycles. The van der Waals surface area contributed by atoms with E-state index < -0.39 is 0 Å². The van der Waals surface area contributed by atoms with Crippen molar-refractivity contribution in [2.75, 3.05) is 25.2 Å². The van der Waals surface area contributed by atoms with E-state index in [1.165, 1.54) is 11.1 Å². The van der Waals surface area contributed by atoms with Crippen molar-refractivity contribution in [3.8, 4) is 5.75 Å². The average molecular weight is 267 g/mol. The summed E-state index contributed by atoms with van der Waals surface area (Å²) in [6.07, 6.45) is 3.25. The summed E-state index contributed by atoms with van der Waals surface area (Å²) in [5.74, 6) is 2.06. The number of rotatable bonds is 8. The minimum absolute atomic E-state index is 0.342. The molecular formula is C15H25NOS. The normalized spacial score (nSPS) is 12.4.